The number of nitrogens with zero attached hydrogens (tertiary/aromatic N) is 1. The van der Waals surface area contributed by atoms with Crippen LogP contribution in [-0.2, 0) is 6.42 Å². The quantitative estimate of drug-likeness (QED) is 0.845. The second kappa shape index (κ2) is 7.12. The molecular formula is C18H30N2. The molecule has 2 heteroatoms. The minimum absolute atomic E-state index is 0.149. The lowest BCUT2D eigenvalue weighted by molar-refractivity contribution is 0.342. The molecular weight excluding hydrogens is 244 g/mol. The van der Waals surface area contributed by atoms with Gasteiger partial charge in [-0.1, -0.05) is 44.9 Å². The Balaban J connectivity index is 2.36. The summed E-state index contributed by atoms with van der Waals surface area (Å²) >= 11 is 0. The van der Waals surface area contributed by atoms with Crippen molar-refractivity contribution in [1.29, 1.82) is 0 Å². The first-order valence-electron chi connectivity index (χ1n) is 8.33. The highest BCUT2D eigenvalue weighted by atomic mass is 15.2. The summed E-state index contributed by atoms with van der Waals surface area (Å²) in [5.41, 5.74) is 9.35. The van der Waals surface area contributed by atoms with Crippen molar-refractivity contribution in [3.8, 4) is 0 Å². The van der Waals surface area contributed by atoms with Crippen LogP contribution < -0.4 is 10.6 Å². The number of anilines is 1. The van der Waals surface area contributed by atoms with Gasteiger partial charge >= 0.3 is 0 Å². The van der Waals surface area contributed by atoms with Gasteiger partial charge in [-0.15, -0.1) is 0 Å². The van der Waals surface area contributed by atoms with E-state index >= 15 is 0 Å². The van der Waals surface area contributed by atoms with Gasteiger partial charge < -0.3 is 10.6 Å². The number of hydrogen-bond acceptors (Lipinski definition) is 2. The van der Waals surface area contributed by atoms with E-state index in [0.717, 1.165) is 19.5 Å². The van der Waals surface area contributed by atoms with Crippen LogP contribution >= 0.6 is 0 Å². The molecule has 1 unspecified atom stereocenters. The van der Waals surface area contributed by atoms with E-state index in [9.17, 15) is 0 Å². The predicted octanol–water partition coefficient (Wildman–Crippen LogP) is 4.13. The van der Waals surface area contributed by atoms with Crippen molar-refractivity contribution in [2.75, 3.05) is 18.0 Å². The molecule has 0 saturated heterocycles. The van der Waals surface area contributed by atoms with Gasteiger partial charge in [0.2, 0.25) is 0 Å². The first-order valence-corrected chi connectivity index (χ1v) is 8.33. The topological polar surface area (TPSA) is 29.3 Å². The standard InChI is InChI=1S/C18H30N2/c1-3-5-13-18(4-2,15-19)20-14-9-8-11-16-10-6-7-12-17(16)20/h6-7,10,12H,3-5,8-9,11,13-15,19H2,1-2H3. The van der Waals surface area contributed by atoms with Crippen molar-refractivity contribution in [2.45, 2.75) is 64.3 Å². The normalized spacial score (nSPS) is 18.2. The van der Waals surface area contributed by atoms with E-state index in [1.807, 2.05) is 0 Å². The molecule has 0 saturated carbocycles. The maximum absolute atomic E-state index is 6.26. The second-order valence-corrected chi connectivity index (χ2v) is 6.12. The Hall–Kier alpha value is -1.02. The van der Waals surface area contributed by atoms with Crippen LogP contribution in [0.2, 0.25) is 0 Å². The zero-order valence-electron chi connectivity index (χ0n) is 13.2. The van der Waals surface area contributed by atoms with Crippen LogP contribution in [0.1, 0.15) is 57.9 Å². The highest BCUT2D eigenvalue weighted by Crippen LogP contribution is 2.35. The summed E-state index contributed by atoms with van der Waals surface area (Å²) in [5.74, 6) is 0. The molecule has 1 aliphatic rings. The number of nitrogens with two attached hydrogens (primary N) is 1. The molecule has 2 nitrogen and oxygen atoms in total. The number of unbranched alkanes of at least 4 members (excludes halogenated alkanes) is 1. The van der Waals surface area contributed by atoms with E-state index in [2.05, 4.69) is 43.0 Å². The van der Waals surface area contributed by atoms with Gasteiger partial charge in [0.15, 0.2) is 0 Å². The van der Waals surface area contributed by atoms with Crippen LogP contribution in [0.3, 0.4) is 0 Å². The Bertz CT molecular complexity index is 410. The Morgan fingerprint density at radius 3 is 2.70 bits per heavy atom. The number of rotatable bonds is 6. The van der Waals surface area contributed by atoms with Crippen LogP contribution in [0.15, 0.2) is 24.3 Å². The van der Waals surface area contributed by atoms with Crippen LogP contribution in [0.25, 0.3) is 0 Å². The van der Waals surface area contributed by atoms with E-state index in [4.69, 9.17) is 5.73 Å². The molecule has 2 N–H and O–H groups in total. The third kappa shape index (κ3) is 3.01. The Morgan fingerprint density at radius 1 is 1.20 bits per heavy atom. The van der Waals surface area contributed by atoms with Gasteiger partial charge in [0.25, 0.3) is 0 Å². The number of para-hydroxylation sites is 1. The van der Waals surface area contributed by atoms with E-state index in [1.54, 1.807) is 0 Å². The van der Waals surface area contributed by atoms with Crippen LogP contribution in [-0.4, -0.2) is 18.6 Å². The lowest BCUT2D eigenvalue weighted by Crippen LogP contribution is -2.54. The molecule has 1 heterocycles. The molecule has 1 aromatic rings. The molecule has 20 heavy (non-hydrogen) atoms. The van der Waals surface area contributed by atoms with Crippen molar-refractivity contribution in [1.82, 2.24) is 0 Å². The van der Waals surface area contributed by atoms with Gasteiger partial charge in [0.1, 0.15) is 0 Å². The molecule has 0 radical (unpaired) electrons. The number of aryl methyl sites for hydroxylation is 1. The first kappa shape index (κ1) is 15.4. The van der Waals surface area contributed by atoms with Crippen LogP contribution in [0.5, 0.6) is 0 Å². The Morgan fingerprint density at radius 2 is 2.00 bits per heavy atom. The molecule has 0 aromatic heterocycles. The van der Waals surface area contributed by atoms with Crippen molar-refractivity contribution < 1.29 is 0 Å². The van der Waals surface area contributed by atoms with Gasteiger partial charge in [-0.05, 0) is 43.7 Å². The zero-order valence-corrected chi connectivity index (χ0v) is 13.2. The van der Waals surface area contributed by atoms with Crippen molar-refractivity contribution in [2.24, 2.45) is 5.73 Å². The second-order valence-electron chi connectivity index (χ2n) is 6.12. The van der Waals surface area contributed by atoms with Crippen LogP contribution in [0.4, 0.5) is 5.69 Å². The fourth-order valence-corrected chi connectivity index (χ4v) is 3.55. The zero-order chi connectivity index (χ0) is 14.4. The summed E-state index contributed by atoms with van der Waals surface area (Å²) in [6.07, 6.45) is 8.66. The summed E-state index contributed by atoms with van der Waals surface area (Å²) < 4.78 is 0. The summed E-state index contributed by atoms with van der Waals surface area (Å²) in [7, 11) is 0. The summed E-state index contributed by atoms with van der Waals surface area (Å²) in [4.78, 5) is 2.64. The summed E-state index contributed by atoms with van der Waals surface area (Å²) in [5, 5.41) is 0. The lowest BCUT2D eigenvalue weighted by Gasteiger charge is -2.45. The fraction of sp³-hybridized carbons (Fsp3) is 0.667. The van der Waals surface area contributed by atoms with Gasteiger partial charge in [-0.25, -0.2) is 0 Å². The molecule has 0 spiro atoms. The van der Waals surface area contributed by atoms with Gasteiger partial charge in [0, 0.05) is 18.8 Å². The van der Waals surface area contributed by atoms with E-state index in [1.165, 1.54) is 49.8 Å². The van der Waals surface area contributed by atoms with Crippen molar-refractivity contribution >= 4 is 5.69 Å². The number of hydrogen-bond donors (Lipinski definition) is 1. The van der Waals surface area contributed by atoms with Gasteiger partial charge in [-0.3, -0.25) is 0 Å². The lowest BCUT2D eigenvalue weighted by atomic mass is 9.86. The monoisotopic (exact) mass is 274 g/mol. The number of fused-ring (bicyclic) bond motifs is 1. The average molecular weight is 274 g/mol. The smallest absolute Gasteiger partial charge is 0.0521 e. The minimum atomic E-state index is 0.149. The molecule has 0 fully saturated rings. The van der Waals surface area contributed by atoms with E-state index in [0.29, 0.717) is 0 Å². The van der Waals surface area contributed by atoms with Gasteiger partial charge in [0.05, 0.1) is 5.54 Å². The van der Waals surface area contributed by atoms with Gasteiger partial charge in [-0.2, -0.15) is 0 Å². The van der Waals surface area contributed by atoms with Crippen molar-refractivity contribution in [3.63, 3.8) is 0 Å². The Kier molecular flexibility index (Phi) is 5.47. The SMILES string of the molecule is CCCCC(CC)(CN)N1CCCCc2ccccc21. The minimum Gasteiger partial charge on any atom is -0.364 e. The third-order valence-electron chi connectivity index (χ3n) is 4.97. The third-order valence-corrected chi connectivity index (χ3v) is 4.97. The van der Waals surface area contributed by atoms with E-state index in [-0.39, 0.29) is 5.54 Å². The van der Waals surface area contributed by atoms with E-state index < -0.39 is 0 Å². The first-order chi connectivity index (χ1) is 9.77. The maximum Gasteiger partial charge on any atom is 0.0521 e. The number of benzene rings is 1. The largest absolute Gasteiger partial charge is 0.364 e. The average Bonchev–Trinajstić information content (AvgIpc) is 2.72. The molecule has 0 aliphatic carbocycles. The Labute approximate surface area is 124 Å². The highest BCUT2D eigenvalue weighted by Gasteiger charge is 2.34. The summed E-state index contributed by atoms with van der Waals surface area (Å²) in [6.45, 7) is 6.49. The molecule has 1 atom stereocenters. The molecule has 112 valence electrons. The fourth-order valence-electron chi connectivity index (χ4n) is 3.55. The highest BCUT2D eigenvalue weighted by molar-refractivity contribution is 5.56. The molecule has 0 amide bonds. The summed E-state index contributed by atoms with van der Waals surface area (Å²) in [6, 6.07) is 8.94. The molecule has 2 rings (SSSR count). The molecule has 1 aromatic carbocycles. The molecule has 1 aliphatic heterocycles. The maximum atomic E-state index is 6.26. The molecule has 0 bridgehead atoms. The van der Waals surface area contributed by atoms with Crippen molar-refractivity contribution in [3.05, 3.63) is 29.8 Å². The predicted molar refractivity (Wildman–Crippen MR) is 88.3 cm³/mol. The van der Waals surface area contributed by atoms with Crippen LogP contribution in [0, 0.1) is 0 Å².